The molecule has 0 radical (unpaired) electrons. The van der Waals surface area contributed by atoms with Crippen molar-refractivity contribution in [1.29, 1.82) is 0 Å². The predicted molar refractivity (Wildman–Crippen MR) is 205 cm³/mol. The molecule has 0 saturated heterocycles. The largest absolute Gasteiger partial charge is 0.341 e. The maximum absolute atomic E-state index is 2.54. The summed E-state index contributed by atoms with van der Waals surface area (Å²) in [7, 11) is 0. The smallest absolute Gasteiger partial charge is 0.0444 e. The summed E-state index contributed by atoms with van der Waals surface area (Å²) in [5.41, 5.74) is 14.6. The van der Waals surface area contributed by atoms with E-state index >= 15 is 0 Å². The van der Waals surface area contributed by atoms with E-state index in [9.17, 15) is 0 Å². The fourth-order valence-electron chi connectivity index (χ4n) is 8.90. The highest BCUT2D eigenvalue weighted by molar-refractivity contribution is 6.25. The second-order valence-corrected chi connectivity index (χ2v) is 14.0. The van der Waals surface area contributed by atoms with E-state index in [2.05, 4.69) is 170 Å². The number of hydrogen-bond donors (Lipinski definition) is 0. The van der Waals surface area contributed by atoms with Crippen molar-refractivity contribution in [2.75, 3.05) is 11.4 Å². The van der Waals surface area contributed by atoms with Gasteiger partial charge in [-0.3, -0.25) is 0 Å². The van der Waals surface area contributed by atoms with E-state index in [-0.39, 0.29) is 5.41 Å². The molecule has 0 bridgehead atoms. The van der Waals surface area contributed by atoms with Gasteiger partial charge in [-0.25, -0.2) is 0 Å². The van der Waals surface area contributed by atoms with E-state index in [1.807, 2.05) is 0 Å². The van der Waals surface area contributed by atoms with Gasteiger partial charge in [0.15, 0.2) is 0 Å². The first-order valence-corrected chi connectivity index (χ1v) is 17.2. The van der Waals surface area contributed by atoms with Gasteiger partial charge in [-0.15, -0.1) is 0 Å². The van der Waals surface area contributed by atoms with Crippen molar-refractivity contribution in [1.82, 2.24) is 0 Å². The molecule has 0 spiro atoms. The number of fused-ring (bicyclic) bond motifs is 8. The monoisotopic (exact) mass is 613 g/mol. The van der Waals surface area contributed by atoms with Gasteiger partial charge in [0, 0.05) is 23.3 Å². The highest BCUT2D eigenvalue weighted by Gasteiger charge is 2.37. The summed E-state index contributed by atoms with van der Waals surface area (Å²) in [6.07, 6.45) is 1.07. The fourth-order valence-corrected chi connectivity index (χ4v) is 8.90. The van der Waals surface area contributed by atoms with Gasteiger partial charge in [0.2, 0.25) is 0 Å². The van der Waals surface area contributed by atoms with Crippen LogP contribution in [0.4, 0.5) is 11.4 Å². The first-order chi connectivity index (χ1) is 23.6. The van der Waals surface area contributed by atoms with Crippen LogP contribution in [0.3, 0.4) is 0 Å². The van der Waals surface area contributed by atoms with Crippen molar-refractivity contribution >= 4 is 43.7 Å². The van der Waals surface area contributed by atoms with Crippen LogP contribution in [-0.2, 0) is 11.8 Å². The molecular formula is C47H35N. The van der Waals surface area contributed by atoms with Crippen LogP contribution in [0, 0.1) is 0 Å². The molecule has 1 aliphatic heterocycles. The minimum absolute atomic E-state index is 0.106. The van der Waals surface area contributed by atoms with Gasteiger partial charge < -0.3 is 4.90 Å². The van der Waals surface area contributed by atoms with Gasteiger partial charge in [0.1, 0.15) is 0 Å². The molecule has 1 nitrogen and oxygen atoms in total. The summed E-state index contributed by atoms with van der Waals surface area (Å²) in [5.74, 6) is 0. The molecule has 10 rings (SSSR count). The SMILES string of the molecule is CC1(C)c2ccccc2-c2c1cc(-c1c3ccccc3c(-c3ccccc3)c3ccc(N4CCc5ccccc54)cc13)c1ccccc21. The normalized spacial score (nSPS) is 14.4. The molecule has 0 fully saturated rings. The van der Waals surface area contributed by atoms with E-state index in [0.29, 0.717) is 0 Å². The number of hydrogen-bond acceptors (Lipinski definition) is 1. The van der Waals surface area contributed by atoms with Crippen LogP contribution in [0.1, 0.15) is 30.5 Å². The van der Waals surface area contributed by atoms with Crippen molar-refractivity contribution in [2.45, 2.75) is 25.7 Å². The average Bonchev–Trinajstić information content (AvgIpc) is 3.67. The standard InChI is InChI=1S/C47H35N/c1-47(2)41-22-12-11-21-38(41)46-34-18-8-7-17-33(34)40(29-42(46)47)45-36-20-10-9-19-35(36)44(31-15-4-3-5-16-31)37-25-24-32(28-39(37)45)48-27-26-30-14-6-13-23-43(30)48/h3-25,28-29H,26-27H2,1-2H3. The number of para-hydroxylation sites is 1. The summed E-state index contributed by atoms with van der Waals surface area (Å²) in [5, 5.41) is 7.81. The number of rotatable bonds is 3. The fraction of sp³-hybridized carbons (Fsp3) is 0.106. The second kappa shape index (κ2) is 10.2. The summed E-state index contributed by atoms with van der Waals surface area (Å²) < 4.78 is 0. The summed E-state index contributed by atoms with van der Waals surface area (Å²) in [6, 6.07) is 56.8. The number of nitrogens with zero attached hydrogens (tertiary/aromatic N) is 1. The number of anilines is 2. The zero-order chi connectivity index (χ0) is 32.0. The quantitative estimate of drug-likeness (QED) is 0.179. The maximum Gasteiger partial charge on any atom is 0.0444 e. The summed E-state index contributed by atoms with van der Waals surface area (Å²) in [6.45, 7) is 5.79. The minimum Gasteiger partial charge on any atom is -0.341 e. The Balaban J connectivity index is 1.36. The summed E-state index contributed by atoms with van der Waals surface area (Å²) in [4.78, 5) is 2.51. The van der Waals surface area contributed by atoms with Crippen LogP contribution in [0.5, 0.6) is 0 Å². The topological polar surface area (TPSA) is 3.24 Å². The van der Waals surface area contributed by atoms with Crippen molar-refractivity contribution in [3.8, 4) is 33.4 Å². The van der Waals surface area contributed by atoms with Crippen LogP contribution >= 0.6 is 0 Å². The molecule has 2 aliphatic rings. The Morgan fingerprint density at radius 2 is 1.08 bits per heavy atom. The first kappa shape index (κ1) is 27.5. The Hall–Kier alpha value is -5.66. The van der Waals surface area contributed by atoms with Gasteiger partial charge in [0.25, 0.3) is 0 Å². The molecule has 1 heteroatoms. The van der Waals surface area contributed by atoms with Gasteiger partial charge in [-0.2, -0.15) is 0 Å². The lowest BCUT2D eigenvalue weighted by molar-refractivity contribution is 0.661. The van der Waals surface area contributed by atoms with Crippen LogP contribution in [0.2, 0.25) is 0 Å². The van der Waals surface area contributed by atoms with Crippen molar-refractivity contribution in [3.05, 3.63) is 168 Å². The van der Waals surface area contributed by atoms with Gasteiger partial charge >= 0.3 is 0 Å². The third-order valence-electron chi connectivity index (χ3n) is 11.1. The molecular weight excluding hydrogens is 579 g/mol. The Labute approximate surface area is 281 Å². The van der Waals surface area contributed by atoms with E-state index in [1.54, 1.807) is 0 Å². The molecule has 8 aromatic carbocycles. The van der Waals surface area contributed by atoms with Crippen LogP contribution in [-0.4, -0.2) is 6.54 Å². The Morgan fingerprint density at radius 3 is 1.90 bits per heavy atom. The molecule has 0 N–H and O–H groups in total. The van der Waals surface area contributed by atoms with Gasteiger partial charge in [-0.1, -0.05) is 141 Å². The third kappa shape index (κ3) is 3.79. The molecule has 0 saturated carbocycles. The average molecular weight is 614 g/mol. The Morgan fingerprint density at radius 1 is 0.458 bits per heavy atom. The lowest BCUT2D eigenvalue weighted by Crippen LogP contribution is -2.15. The van der Waals surface area contributed by atoms with E-state index < -0.39 is 0 Å². The van der Waals surface area contributed by atoms with E-state index in [1.165, 1.54) is 93.8 Å². The van der Waals surface area contributed by atoms with E-state index in [4.69, 9.17) is 0 Å². The zero-order valence-corrected chi connectivity index (χ0v) is 27.3. The van der Waals surface area contributed by atoms with E-state index in [0.717, 1.165) is 13.0 Å². The molecule has 0 amide bonds. The lowest BCUT2D eigenvalue weighted by Gasteiger charge is -2.25. The Kier molecular flexibility index (Phi) is 5.82. The number of benzene rings is 8. The second-order valence-electron chi connectivity index (χ2n) is 14.0. The molecule has 1 heterocycles. The van der Waals surface area contributed by atoms with Crippen molar-refractivity contribution in [3.63, 3.8) is 0 Å². The molecule has 0 unspecified atom stereocenters. The third-order valence-corrected chi connectivity index (χ3v) is 11.1. The van der Waals surface area contributed by atoms with Gasteiger partial charge in [0.05, 0.1) is 0 Å². The van der Waals surface area contributed by atoms with Crippen molar-refractivity contribution in [2.24, 2.45) is 0 Å². The van der Waals surface area contributed by atoms with Crippen LogP contribution in [0.15, 0.2) is 152 Å². The van der Waals surface area contributed by atoms with Crippen LogP contribution < -0.4 is 4.90 Å². The van der Waals surface area contributed by atoms with Gasteiger partial charge in [-0.05, 0) is 113 Å². The van der Waals surface area contributed by atoms with Crippen LogP contribution in [0.25, 0.3) is 65.7 Å². The summed E-state index contributed by atoms with van der Waals surface area (Å²) >= 11 is 0. The highest BCUT2D eigenvalue weighted by atomic mass is 15.2. The Bertz CT molecular complexity index is 2590. The van der Waals surface area contributed by atoms with Crippen molar-refractivity contribution < 1.29 is 0 Å². The molecule has 228 valence electrons. The lowest BCUT2D eigenvalue weighted by atomic mass is 9.79. The molecule has 8 aromatic rings. The first-order valence-electron chi connectivity index (χ1n) is 17.2. The molecule has 0 atom stereocenters. The maximum atomic E-state index is 2.54. The highest BCUT2D eigenvalue weighted by Crippen LogP contribution is 2.55. The molecule has 0 aromatic heterocycles. The predicted octanol–water partition coefficient (Wildman–Crippen LogP) is 12.5. The zero-order valence-electron chi connectivity index (χ0n) is 27.3. The molecule has 48 heavy (non-hydrogen) atoms. The molecule has 1 aliphatic carbocycles. The minimum atomic E-state index is -0.106.